The van der Waals surface area contributed by atoms with E-state index in [2.05, 4.69) is 4.90 Å². The van der Waals surface area contributed by atoms with Gasteiger partial charge in [0, 0.05) is 19.1 Å². The van der Waals surface area contributed by atoms with Crippen LogP contribution in [-0.4, -0.2) is 48.3 Å². The fraction of sp³-hybridized carbons (Fsp3) is 0.909. The summed E-state index contributed by atoms with van der Waals surface area (Å²) < 4.78 is 5.44. The fourth-order valence-electron chi connectivity index (χ4n) is 2.76. The van der Waals surface area contributed by atoms with Crippen LogP contribution in [0, 0.1) is 11.8 Å². The van der Waals surface area contributed by atoms with Gasteiger partial charge < -0.3 is 9.84 Å². The third kappa shape index (κ3) is 2.16. The van der Waals surface area contributed by atoms with Crippen LogP contribution in [0.1, 0.15) is 19.8 Å². The van der Waals surface area contributed by atoms with Gasteiger partial charge in [-0.2, -0.15) is 0 Å². The predicted molar refractivity (Wildman–Crippen MR) is 55.7 cm³/mol. The second-order valence-electron chi connectivity index (χ2n) is 4.60. The van der Waals surface area contributed by atoms with Crippen LogP contribution >= 0.6 is 0 Å². The summed E-state index contributed by atoms with van der Waals surface area (Å²) in [7, 11) is 0. The van der Waals surface area contributed by atoms with Crippen LogP contribution in [0.4, 0.5) is 0 Å². The van der Waals surface area contributed by atoms with Gasteiger partial charge in [0.2, 0.25) is 0 Å². The Bertz CT molecular complexity index is 244. The van der Waals surface area contributed by atoms with Crippen molar-refractivity contribution in [2.45, 2.75) is 25.8 Å². The lowest BCUT2D eigenvalue weighted by molar-refractivity contribution is -0.144. The highest BCUT2D eigenvalue weighted by Crippen LogP contribution is 2.30. The second kappa shape index (κ2) is 4.49. The van der Waals surface area contributed by atoms with E-state index in [1.54, 1.807) is 0 Å². The van der Waals surface area contributed by atoms with Crippen LogP contribution in [-0.2, 0) is 9.53 Å². The van der Waals surface area contributed by atoms with Crippen LogP contribution in [0.2, 0.25) is 0 Å². The Morgan fingerprint density at radius 1 is 1.53 bits per heavy atom. The molecule has 0 spiro atoms. The molecule has 0 aliphatic carbocycles. The highest BCUT2D eigenvalue weighted by molar-refractivity contribution is 5.73. The lowest BCUT2D eigenvalue weighted by Crippen LogP contribution is -2.48. The van der Waals surface area contributed by atoms with Crippen molar-refractivity contribution in [3.8, 4) is 0 Å². The minimum atomic E-state index is -0.685. The minimum Gasteiger partial charge on any atom is -0.480 e. The first kappa shape index (κ1) is 10.9. The molecular weight excluding hydrogens is 194 g/mol. The van der Waals surface area contributed by atoms with E-state index in [-0.39, 0.29) is 6.04 Å². The largest absolute Gasteiger partial charge is 0.480 e. The maximum atomic E-state index is 11.0. The zero-order valence-electron chi connectivity index (χ0n) is 9.19. The van der Waals surface area contributed by atoms with E-state index in [0.29, 0.717) is 18.3 Å². The number of rotatable bonds is 3. The zero-order chi connectivity index (χ0) is 10.8. The number of nitrogens with zero attached hydrogens (tertiary/aromatic N) is 1. The van der Waals surface area contributed by atoms with Crippen molar-refractivity contribution in [1.82, 2.24) is 4.90 Å². The molecular formula is C11H19NO3. The van der Waals surface area contributed by atoms with Crippen molar-refractivity contribution in [2.75, 3.05) is 26.3 Å². The van der Waals surface area contributed by atoms with Crippen LogP contribution in [0.25, 0.3) is 0 Å². The average Bonchev–Trinajstić information content (AvgIpc) is 2.65. The topological polar surface area (TPSA) is 49.8 Å². The van der Waals surface area contributed by atoms with E-state index in [1.807, 2.05) is 6.92 Å². The standard InChI is InChI=1S/C11H19NO3/c1-2-10(11(13)14)12-4-3-8-6-15-7-9(8)5-12/h8-10H,2-7H2,1H3,(H,13,14)/t8-,9-,10-/m1/s1. The smallest absolute Gasteiger partial charge is 0.320 e. The number of hydrogen-bond donors (Lipinski definition) is 1. The molecule has 0 aromatic rings. The highest BCUT2D eigenvalue weighted by atomic mass is 16.5. The Hall–Kier alpha value is -0.610. The fourth-order valence-corrected chi connectivity index (χ4v) is 2.76. The summed E-state index contributed by atoms with van der Waals surface area (Å²) in [6, 6.07) is -0.299. The van der Waals surface area contributed by atoms with E-state index < -0.39 is 5.97 Å². The summed E-state index contributed by atoms with van der Waals surface area (Å²) in [6.07, 6.45) is 1.78. The first-order valence-corrected chi connectivity index (χ1v) is 5.77. The van der Waals surface area contributed by atoms with Crippen molar-refractivity contribution >= 4 is 5.97 Å². The first-order valence-electron chi connectivity index (χ1n) is 5.77. The number of carboxylic acids is 1. The van der Waals surface area contributed by atoms with E-state index in [0.717, 1.165) is 32.7 Å². The van der Waals surface area contributed by atoms with Crippen LogP contribution < -0.4 is 0 Å². The maximum Gasteiger partial charge on any atom is 0.320 e. The van der Waals surface area contributed by atoms with Gasteiger partial charge in [-0.05, 0) is 25.3 Å². The molecule has 2 aliphatic heterocycles. The molecule has 2 rings (SSSR count). The van der Waals surface area contributed by atoms with Crippen molar-refractivity contribution in [3.05, 3.63) is 0 Å². The SMILES string of the molecule is CC[C@H](C(=O)O)N1CC[C@@H]2COC[C@H]2C1. The normalized spacial score (nSPS) is 33.7. The molecule has 0 saturated carbocycles. The van der Waals surface area contributed by atoms with E-state index >= 15 is 0 Å². The van der Waals surface area contributed by atoms with Crippen LogP contribution in [0.15, 0.2) is 0 Å². The van der Waals surface area contributed by atoms with Crippen LogP contribution in [0.5, 0.6) is 0 Å². The van der Waals surface area contributed by atoms with Crippen molar-refractivity contribution in [3.63, 3.8) is 0 Å². The van der Waals surface area contributed by atoms with Gasteiger partial charge in [-0.15, -0.1) is 0 Å². The van der Waals surface area contributed by atoms with Crippen molar-refractivity contribution in [1.29, 1.82) is 0 Å². The molecule has 0 amide bonds. The molecule has 86 valence electrons. The zero-order valence-corrected chi connectivity index (χ0v) is 9.19. The number of carboxylic acid groups (broad SMARTS) is 1. The minimum absolute atomic E-state index is 0.299. The number of hydrogen-bond acceptors (Lipinski definition) is 3. The number of fused-ring (bicyclic) bond motifs is 1. The van der Waals surface area contributed by atoms with Gasteiger partial charge in [0.15, 0.2) is 0 Å². The maximum absolute atomic E-state index is 11.0. The Kier molecular flexibility index (Phi) is 3.26. The Labute approximate surface area is 90.2 Å². The number of carbonyl (C=O) groups is 1. The molecule has 2 aliphatic rings. The van der Waals surface area contributed by atoms with Gasteiger partial charge in [0.25, 0.3) is 0 Å². The Morgan fingerprint density at radius 3 is 2.93 bits per heavy atom. The molecule has 2 fully saturated rings. The lowest BCUT2D eigenvalue weighted by atomic mass is 9.88. The Balaban J connectivity index is 1.96. The molecule has 0 unspecified atom stereocenters. The molecule has 1 N–H and O–H groups in total. The molecule has 0 radical (unpaired) electrons. The molecule has 0 bridgehead atoms. The summed E-state index contributed by atoms with van der Waals surface area (Å²) in [5, 5.41) is 9.09. The van der Waals surface area contributed by atoms with Gasteiger partial charge in [0.1, 0.15) is 6.04 Å². The lowest BCUT2D eigenvalue weighted by Gasteiger charge is -2.37. The van der Waals surface area contributed by atoms with Gasteiger partial charge in [0.05, 0.1) is 6.61 Å². The monoisotopic (exact) mass is 213 g/mol. The predicted octanol–water partition coefficient (Wildman–Crippen LogP) is 0.818. The van der Waals surface area contributed by atoms with E-state index in [9.17, 15) is 4.79 Å². The summed E-state index contributed by atoms with van der Waals surface area (Å²) in [5.74, 6) is 0.551. The van der Waals surface area contributed by atoms with Crippen molar-refractivity contribution < 1.29 is 14.6 Å². The van der Waals surface area contributed by atoms with Gasteiger partial charge in [-0.25, -0.2) is 0 Å². The van der Waals surface area contributed by atoms with Crippen LogP contribution in [0.3, 0.4) is 0 Å². The molecule has 3 atom stereocenters. The summed E-state index contributed by atoms with van der Waals surface area (Å²) in [6.45, 7) is 5.44. The van der Waals surface area contributed by atoms with Gasteiger partial charge >= 0.3 is 5.97 Å². The number of ether oxygens (including phenoxy) is 1. The van der Waals surface area contributed by atoms with Gasteiger partial charge in [-0.1, -0.05) is 6.92 Å². The Morgan fingerprint density at radius 2 is 2.27 bits per heavy atom. The summed E-state index contributed by atoms with van der Waals surface area (Å²) in [4.78, 5) is 13.2. The third-order valence-corrected chi connectivity index (χ3v) is 3.70. The number of likely N-dealkylation sites (tertiary alicyclic amines) is 1. The molecule has 15 heavy (non-hydrogen) atoms. The average molecular weight is 213 g/mol. The van der Waals surface area contributed by atoms with Crippen molar-refractivity contribution in [2.24, 2.45) is 11.8 Å². The molecule has 4 heteroatoms. The second-order valence-corrected chi connectivity index (χ2v) is 4.60. The number of aliphatic carboxylic acids is 1. The molecule has 0 aromatic heterocycles. The quantitative estimate of drug-likeness (QED) is 0.754. The third-order valence-electron chi connectivity index (χ3n) is 3.70. The molecule has 4 nitrogen and oxygen atoms in total. The molecule has 0 aromatic carbocycles. The number of piperidine rings is 1. The van der Waals surface area contributed by atoms with E-state index in [1.165, 1.54) is 0 Å². The summed E-state index contributed by atoms with van der Waals surface area (Å²) >= 11 is 0. The molecule has 2 heterocycles. The summed E-state index contributed by atoms with van der Waals surface area (Å²) in [5.41, 5.74) is 0. The highest BCUT2D eigenvalue weighted by Gasteiger charge is 2.37. The van der Waals surface area contributed by atoms with Gasteiger partial charge in [-0.3, -0.25) is 9.69 Å². The molecule has 2 saturated heterocycles. The van der Waals surface area contributed by atoms with E-state index in [4.69, 9.17) is 9.84 Å². The first-order chi connectivity index (χ1) is 7.22.